The van der Waals surface area contributed by atoms with E-state index in [0.29, 0.717) is 0 Å². The largest absolute Gasteiger partial charge is 0.0905 e. The maximum absolute atomic E-state index is 5.43. The van der Waals surface area contributed by atoms with Crippen LogP contribution in [0, 0.1) is 0 Å². The highest BCUT2D eigenvalue weighted by atomic mass is 32.1. The third-order valence-corrected chi connectivity index (χ3v) is 4.19. The van der Waals surface area contributed by atoms with Crippen molar-refractivity contribution in [1.82, 2.24) is 0 Å². The second kappa shape index (κ2) is 7.00. The lowest BCUT2D eigenvalue weighted by molar-refractivity contribution is 0.948. The van der Waals surface area contributed by atoms with E-state index in [0.717, 1.165) is 36.1 Å². The van der Waals surface area contributed by atoms with Crippen molar-refractivity contribution in [2.75, 3.05) is 0 Å². The summed E-state index contributed by atoms with van der Waals surface area (Å²) >= 11 is 5.43. The highest BCUT2D eigenvalue weighted by Crippen LogP contribution is 2.39. The Balaban J connectivity index is 2.60. The summed E-state index contributed by atoms with van der Waals surface area (Å²) in [6.07, 6.45) is 9.01. The van der Waals surface area contributed by atoms with Gasteiger partial charge in [0.15, 0.2) is 0 Å². The molecule has 0 bridgehead atoms. The maximum Gasteiger partial charge on any atom is 0.0199 e. The minimum atomic E-state index is 0.950. The van der Waals surface area contributed by atoms with Crippen LogP contribution in [0.4, 0.5) is 0 Å². The van der Waals surface area contributed by atoms with Crippen molar-refractivity contribution in [2.45, 2.75) is 46.5 Å². The molecule has 0 saturated heterocycles. The van der Waals surface area contributed by atoms with E-state index < -0.39 is 0 Å². The van der Waals surface area contributed by atoms with Gasteiger partial charge in [0, 0.05) is 4.86 Å². The highest BCUT2D eigenvalue weighted by Gasteiger charge is 2.23. The zero-order valence-corrected chi connectivity index (χ0v) is 14.1. The Labute approximate surface area is 134 Å². The van der Waals surface area contributed by atoms with Crippen molar-refractivity contribution in [3.8, 4) is 0 Å². The Morgan fingerprint density at radius 3 is 2.67 bits per heavy atom. The Bertz CT molecular complexity index is 629. The van der Waals surface area contributed by atoms with Gasteiger partial charge in [-0.25, -0.2) is 0 Å². The number of fused-ring (bicyclic) bond motifs is 1. The SMILES string of the molecule is C=C1C(=C/CCC)/C(=C\CC)Cc2cccc(C(C)=S)c21. The highest BCUT2D eigenvalue weighted by molar-refractivity contribution is 7.80. The predicted octanol–water partition coefficient (Wildman–Crippen LogP) is 6.06. The first-order chi connectivity index (χ1) is 10.1. The lowest BCUT2D eigenvalue weighted by Crippen LogP contribution is -2.12. The van der Waals surface area contributed by atoms with Gasteiger partial charge in [0.2, 0.25) is 0 Å². The third kappa shape index (κ3) is 3.24. The van der Waals surface area contributed by atoms with Gasteiger partial charge in [-0.15, -0.1) is 0 Å². The average molecular weight is 296 g/mol. The fraction of sp³-hybridized carbons (Fsp3) is 0.350. The first kappa shape index (κ1) is 15.9. The fourth-order valence-electron chi connectivity index (χ4n) is 3.00. The van der Waals surface area contributed by atoms with Crippen LogP contribution in [0.1, 0.15) is 56.7 Å². The molecule has 2 rings (SSSR count). The summed E-state index contributed by atoms with van der Waals surface area (Å²) < 4.78 is 0. The Morgan fingerprint density at radius 2 is 2.05 bits per heavy atom. The van der Waals surface area contributed by atoms with E-state index >= 15 is 0 Å². The molecule has 110 valence electrons. The summed E-state index contributed by atoms with van der Waals surface area (Å²) in [5.74, 6) is 0. The van der Waals surface area contributed by atoms with E-state index in [2.05, 4.69) is 50.8 Å². The number of allylic oxidation sites excluding steroid dienone is 5. The molecular formula is C20H24S. The number of benzene rings is 1. The molecule has 0 fully saturated rings. The molecule has 0 radical (unpaired) electrons. The van der Waals surface area contributed by atoms with Gasteiger partial charge < -0.3 is 0 Å². The number of thiocarbonyl (C=S) groups is 1. The molecule has 0 saturated carbocycles. The molecule has 1 aliphatic carbocycles. The van der Waals surface area contributed by atoms with Gasteiger partial charge in [-0.3, -0.25) is 0 Å². The molecule has 0 N–H and O–H groups in total. The van der Waals surface area contributed by atoms with Crippen molar-refractivity contribution in [2.24, 2.45) is 0 Å². The normalized spacial score (nSPS) is 18.1. The van der Waals surface area contributed by atoms with E-state index in [1.54, 1.807) is 0 Å². The Kier molecular flexibility index (Phi) is 5.30. The monoisotopic (exact) mass is 296 g/mol. The van der Waals surface area contributed by atoms with Gasteiger partial charge in [-0.2, -0.15) is 0 Å². The van der Waals surface area contributed by atoms with E-state index in [-0.39, 0.29) is 0 Å². The number of hydrogen-bond donors (Lipinski definition) is 0. The minimum Gasteiger partial charge on any atom is -0.0905 e. The summed E-state index contributed by atoms with van der Waals surface area (Å²) in [5, 5.41) is 0. The van der Waals surface area contributed by atoms with E-state index in [1.807, 2.05) is 6.92 Å². The maximum atomic E-state index is 5.43. The summed E-state index contributed by atoms with van der Waals surface area (Å²) in [6, 6.07) is 6.45. The molecule has 1 heteroatoms. The molecule has 0 unspecified atom stereocenters. The van der Waals surface area contributed by atoms with E-state index in [9.17, 15) is 0 Å². The van der Waals surface area contributed by atoms with Gasteiger partial charge in [-0.05, 0) is 59.6 Å². The number of unbranched alkanes of at least 4 members (excludes halogenated alkanes) is 1. The summed E-state index contributed by atoms with van der Waals surface area (Å²) in [5.41, 5.74) is 7.68. The summed E-state index contributed by atoms with van der Waals surface area (Å²) in [7, 11) is 0. The molecule has 1 aromatic carbocycles. The average Bonchev–Trinajstić information content (AvgIpc) is 2.46. The van der Waals surface area contributed by atoms with Gasteiger partial charge in [0.25, 0.3) is 0 Å². The lowest BCUT2D eigenvalue weighted by atomic mass is 9.77. The van der Waals surface area contributed by atoms with Crippen molar-refractivity contribution >= 4 is 22.7 Å². The molecule has 1 aliphatic rings. The Hall–Kier alpha value is -1.47. The van der Waals surface area contributed by atoms with Crippen LogP contribution < -0.4 is 0 Å². The van der Waals surface area contributed by atoms with Crippen molar-refractivity contribution < 1.29 is 0 Å². The Morgan fingerprint density at radius 1 is 1.29 bits per heavy atom. The predicted molar refractivity (Wildman–Crippen MR) is 97.9 cm³/mol. The standard InChI is InChI=1S/C20H24S/c1-5-7-11-18-14(3)20-17(13-16(18)9-6-2)10-8-12-19(20)15(4)21/h8-12H,3,5-7,13H2,1-2,4H3/b16-9-,18-11-. The van der Waals surface area contributed by atoms with Crippen LogP contribution in [0.5, 0.6) is 0 Å². The van der Waals surface area contributed by atoms with E-state index in [4.69, 9.17) is 12.2 Å². The third-order valence-electron chi connectivity index (χ3n) is 3.97. The molecule has 0 heterocycles. The van der Waals surface area contributed by atoms with Crippen LogP contribution in [0.3, 0.4) is 0 Å². The van der Waals surface area contributed by atoms with Crippen LogP contribution in [-0.4, -0.2) is 4.86 Å². The molecule has 0 amide bonds. The zero-order chi connectivity index (χ0) is 15.4. The van der Waals surface area contributed by atoms with E-state index in [1.165, 1.54) is 27.8 Å². The molecule has 21 heavy (non-hydrogen) atoms. The second-order valence-corrected chi connectivity index (χ2v) is 6.21. The topological polar surface area (TPSA) is 0 Å². The van der Waals surface area contributed by atoms with Crippen LogP contribution >= 0.6 is 12.2 Å². The van der Waals surface area contributed by atoms with Crippen LogP contribution in [0.2, 0.25) is 0 Å². The molecule has 0 aromatic heterocycles. The summed E-state index contributed by atoms with van der Waals surface area (Å²) in [4.78, 5) is 0.950. The first-order valence-electron chi connectivity index (χ1n) is 7.82. The van der Waals surface area contributed by atoms with Gasteiger partial charge >= 0.3 is 0 Å². The fourth-order valence-corrected chi connectivity index (χ4v) is 3.17. The van der Waals surface area contributed by atoms with Gasteiger partial charge in [0.05, 0.1) is 0 Å². The van der Waals surface area contributed by atoms with Gasteiger partial charge in [0.1, 0.15) is 0 Å². The first-order valence-corrected chi connectivity index (χ1v) is 8.23. The molecule has 1 aromatic rings. The minimum absolute atomic E-state index is 0.950. The smallest absolute Gasteiger partial charge is 0.0199 e. The van der Waals surface area contributed by atoms with Gasteiger partial charge in [-0.1, -0.05) is 69.4 Å². The molecule has 0 atom stereocenters. The lowest BCUT2D eigenvalue weighted by Gasteiger charge is -2.27. The molecule has 0 spiro atoms. The van der Waals surface area contributed by atoms with Crippen molar-refractivity contribution in [3.05, 3.63) is 64.8 Å². The summed E-state index contributed by atoms with van der Waals surface area (Å²) in [6.45, 7) is 10.8. The number of hydrogen-bond acceptors (Lipinski definition) is 1. The van der Waals surface area contributed by atoms with Crippen molar-refractivity contribution in [1.29, 1.82) is 0 Å². The van der Waals surface area contributed by atoms with Crippen LogP contribution in [-0.2, 0) is 6.42 Å². The van der Waals surface area contributed by atoms with Crippen molar-refractivity contribution in [3.63, 3.8) is 0 Å². The second-order valence-electron chi connectivity index (χ2n) is 5.60. The van der Waals surface area contributed by atoms with Crippen LogP contribution in [0.25, 0.3) is 5.57 Å². The molecule has 0 nitrogen and oxygen atoms in total. The number of rotatable bonds is 4. The molecule has 0 aliphatic heterocycles. The molecular weight excluding hydrogens is 272 g/mol. The quantitative estimate of drug-likeness (QED) is 0.481. The van der Waals surface area contributed by atoms with Crippen LogP contribution in [0.15, 0.2) is 48.1 Å². The zero-order valence-electron chi connectivity index (χ0n) is 13.3.